The van der Waals surface area contributed by atoms with Crippen molar-refractivity contribution in [3.63, 3.8) is 0 Å². The van der Waals surface area contributed by atoms with Crippen LogP contribution in [0, 0.1) is 0 Å². The van der Waals surface area contributed by atoms with Crippen LogP contribution < -0.4 is 16.4 Å². The van der Waals surface area contributed by atoms with Gasteiger partial charge in [0.05, 0.1) is 0 Å². The van der Waals surface area contributed by atoms with Crippen LogP contribution in [-0.2, 0) is 14.2 Å². The molecule has 0 spiro atoms. The van der Waals surface area contributed by atoms with Crippen molar-refractivity contribution >= 4 is 11.9 Å². The molecule has 9 nitrogen and oxygen atoms in total. The number of ether oxygens (including phenoxy) is 3. The summed E-state index contributed by atoms with van der Waals surface area (Å²) >= 11 is 0. The predicted molar refractivity (Wildman–Crippen MR) is 98.7 cm³/mol. The third-order valence-electron chi connectivity index (χ3n) is 4.91. The van der Waals surface area contributed by atoms with Crippen LogP contribution in [0.4, 0.5) is 4.79 Å². The van der Waals surface area contributed by atoms with Crippen molar-refractivity contribution in [3.8, 4) is 0 Å². The first-order valence-electron chi connectivity index (χ1n) is 9.22. The van der Waals surface area contributed by atoms with Crippen LogP contribution in [0.3, 0.4) is 0 Å². The van der Waals surface area contributed by atoms with Crippen molar-refractivity contribution < 1.29 is 23.8 Å². The van der Waals surface area contributed by atoms with Crippen LogP contribution in [0.5, 0.6) is 0 Å². The zero-order valence-electron chi connectivity index (χ0n) is 15.7. The van der Waals surface area contributed by atoms with Gasteiger partial charge in [0.2, 0.25) is 0 Å². The lowest BCUT2D eigenvalue weighted by Crippen LogP contribution is -2.57. The maximum absolute atomic E-state index is 12.7. The summed E-state index contributed by atoms with van der Waals surface area (Å²) in [5, 5.41) is 5.49. The first-order valence-corrected chi connectivity index (χ1v) is 9.22. The van der Waals surface area contributed by atoms with Crippen molar-refractivity contribution in [1.82, 2.24) is 15.5 Å². The zero-order chi connectivity index (χ0) is 19.9. The molecule has 1 aromatic carbocycles. The van der Waals surface area contributed by atoms with E-state index in [4.69, 9.17) is 19.9 Å². The van der Waals surface area contributed by atoms with E-state index in [0.29, 0.717) is 5.56 Å². The number of amides is 3. The van der Waals surface area contributed by atoms with Crippen LogP contribution in [0.15, 0.2) is 42.6 Å². The summed E-state index contributed by atoms with van der Waals surface area (Å²) in [6.07, 6.45) is 0.810. The Morgan fingerprint density at radius 3 is 2.64 bits per heavy atom. The average Bonchev–Trinajstić information content (AvgIpc) is 3.15. The van der Waals surface area contributed by atoms with E-state index in [1.54, 1.807) is 36.5 Å². The molecule has 0 saturated carbocycles. The molecule has 4 N–H and O–H groups in total. The quantitative estimate of drug-likeness (QED) is 0.691. The number of nitrogens with one attached hydrogen (secondary N) is 2. The lowest BCUT2D eigenvalue weighted by Gasteiger charge is -2.34. The number of fused-ring (bicyclic) bond motifs is 1. The van der Waals surface area contributed by atoms with Crippen LogP contribution in [0.2, 0.25) is 0 Å². The number of nitrogens with zero attached hydrogens (tertiary/aromatic N) is 1. The molecule has 28 heavy (non-hydrogen) atoms. The van der Waals surface area contributed by atoms with Crippen molar-refractivity contribution in [3.05, 3.63) is 48.2 Å². The van der Waals surface area contributed by atoms with Gasteiger partial charge in [0, 0.05) is 18.3 Å². The monoisotopic (exact) mass is 388 g/mol. The molecule has 150 valence electrons. The number of carbonyl (C=O) groups is 2. The van der Waals surface area contributed by atoms with Gasteiger partial charge < -0.3 is 30.6 Å². The lowest BCUT2D eigenvalue weighted by atomic mass is 10.1. The van der Waals surface area contributed by atoms with E-state index in [1.165, 1.54) is 4.90 Å². The van der Waals surface area contributed by atoms with Crippen LogP contribution in [0.1, 0.15) is 24.2 Å². The van der Waals surface area contributed by atoms with Gasteiger partial charge in [-0.3, -0.25) is 9.69 Å². The molecule has 0 radical (unpaired) electrons. The second-order valence-corrected chi connectivity index (χ2v) is 7.38. The lowest BCUT2D eigenvalue weighted by molar-refractivity contribution is -0.196. The third-order valence-corrected chi connectivity index (χ3v) is 4.91. The maximum Gasteiger partial charge on any atom is 0.325 e. The molecule has 9 heteroatoms. The second kappa shape index (κ2) is 7.17. The molecular formula is C19H24N4O5. The Kier molecular flexibility index (Phi) is 4.84. The molecule has 2 unspecified atom stereocenters. The molecule has 3 aliphatic heterocycles. The first-order chi connectivity index (χ1) is 13.4. The highest BCUT2D eigenvalue weighted by atomic mass is 16.8. The Hall–Kier alpha value is -2.46. The average molecular weight is 388 g/mol. The fourth-order valence-electron chi connectivity index (χ4n) is 3.67. The van der Waals surface area contributed by atoms with Crippen molar-refractivity contribution in [2.75, 3.05) is 6.54 Å². The summed E-state index contributed by atoms with van der Waals surface area (Å²) in [7, 11) is 0. The standard InChI is InChI=1S/C19H24N4O5/c1-19(2)27-14-12(10-20)26-17(15(14)28-19)23-9-8-13(22-18(23)25)21-16(24)11-6-4-3-5-7-11/h3-9,12-15,17H,10,20H2,1-2H3,(H,21,24)(H,22,25)/t12-,13?,14+,15?,17-/m1/s1. The minimum atomic E-state index is -0.771. The third kappa shape index (κ3) is 3.49. The summed E-state index contributed by atoms with van der Waals surface area (Å²) in [5.74, 6) is -1.05. The van der Waals surface area contributed by atoms with Crippen molar-refractivity contribution in [2.45, 2.75) is 50.3 Å². The number of hydrogen-bond donors (Lipinski definition) is 3. The minimum Gasteiger partial charge on any atom is -0.348 e. The Morgan fingerprint density at radius 1 is 1.25 bits per heavy atom. The molecule has 2 fully saturated rings. The molecule has 5 atom stereocenters. The molecule has 2 saturated heterocycles. The number of nitrogens with two attached hydrogens (primary N) is 1. The molecule has 4 rings (SSSR count). The summed E-state index contributed by atoms with van der Waals surface area (Å²) in [6.45, 7) is 3.89. The summed E-state index contributed by atoms with van der Waals surface area (Å²) in [6, 6.07) is 8.38. The second-order valence-electron chi connectivity index (χ2n) is 7.38. The van der Waals surface area contributed by atoms with E-state index in [9.17, 15) is 9.59 Å². The van der Waals surface area contributed by atoms with Gasteiger partial charge in [0.15, 0.2) is 12.0 Å². The topological polar surface area (TPSA) is 115 Å². The molecule has 0 bridgehead atoms. The fourth-order valence-corrected chi connectivity index (χ4v) is 3.67. The van der Waals surface area contributed by atoms with Gasteiger partial charge in [-0.25, -0.2) is 4.79 Å². The molecule has 3 amide bonds. The van der Waals surface area contributed by atoms with Gasteiger partial charge in [0.1, 0.15) is 24.5 Å². The number of carbonyl (C=O) groups excluding carboxylic acids is 2. The summed E-state index contributed by atoms with van der Waals surface area (Å²) in [5.41, 5.74) is 6.30. The molecule has 0 aliphatic carbocycles. The molecule has 3 aliphatic rings. The van der Waals surface area contributed by atoms with Gasteiger partial charge >= 0.3 is 6.03 Å². The largest absolute Gasteiger partial charge is 0.348 e. The zero-order valence-corrected chi connectivity index (χ0v) is 15.7. The predicted octanol–water partition coefficient (Wildman–Crippen LogP) is 0.485. The Balaban J connectivity index is 1.45. The number of urea groups is 1. The normalized spacial score (nSPS) is 33.5. The summed E-state index contributed by atoms with van der Waals surface area (Å²) in [4.78, 5) is 26.3. The molecule has 3 heterocycles. The molecule has 1 aromatic rings. The number of rotatable bonds is 4. The smallest absolute Gasteiger partial charge is 0.325 e. The Labute approximate surface area is 162 Å². The van der Waals surface area contributed by atoms with E-state index in [2.05, 4.69) is 10.6 Å². The minimum absolute atomic E-state index is 0.256. The van der Waals surface area contributed by atoms with Crippen LogP contribution >= 0.6 is 0 Å². The van der Waals surface area contributed by atoms with Gasteiger partial charge in [-0.05, 0) is 32.1 Å². The van der Waals surface area contributed by atoms with E-state index in [0.717, 1.165) is 0 Å². The van der Waals surface area contributed by atoms with E-state index in [1.807, 2.05) is 19.9 Å². The highest BCUT2D eigenvalue weighted by molar-refractivity contribution is 5.94. The van der Waals surface area contributed by atoms with Crippen LogP contribution in [0.25, 0.3) is 0 Å². The number of hydrogen-bond acceptors (Lipinski definition) is 6. The van der Waals surface area contributed by atoms with Crippen molar-refractivity contribution in [1.29, 1.82) is 0 Å². The molecule has 0 aromatic heterocycles. The first kappa shape index (κ1) is 18.9. The van der Waals surface area contributed by atoms with Crippen molar-refractivity contribution in [2.24, 2.45) is 5.73 Å². The maximum atomic E-state index is 12.7. The fraction of sp³-hybridized carbons (Fsp3) is 0.474. The number of benzene rings is 1. The van der Waals surface area contributed by atoms with E-state index in [-0.39, 0.29) is 24.7 Å². The highest BCUT2D eigenvalue weighted by Crippen LogP contribution is 2.39. The highest BCUT2D eigenvalue weighted by Gasteiger charge is 2.57. The van der Waals surface area contributed by atoms with Gasteiger partial charge in [-0.1, -0.05) is 18.2 Å². The van der Waals surface area contributed by atoms with Gasteiger partial charge in [-0.15, -0.1) is 0 Å². The Morgan fingerprint density at radius 2 is 1.96 bits per heavy atom. The van der Waals surface area contributed by atoms with E-state index < -0.39 is 30.3 Å². The van der Waals surface area contributed by atoms with E-state index >= 15 is 0 Å². The summed E-state index contributed by atoms with van der Waals surface area (Å²) < 4.78 is 17.7. The molecular weight excluding hydrogens is 364 g/mol. The van der Waals surface area contributed by atoms with Gasteiger partial charge in [-0.2, -0.15) is 0 Å². The van der Waals surface area contributed by atoms with Gasteiger partial charge in [0.25, 0.3) is 5.91 Å². The van der Waals surface area contributed by atoms with Crippen LogP contribution in [-0.4, -0.2) is 59.9 Å². The Bertz CT molecular complexity index is 784. The SMILES string of the molecule is CC1(C)OC2[C@@H](O1)[C@@H](CN)O[C@H]2N1C=CC(NC(=O)c2ccccc2)NC1=O.